The lowest BCUT2D eigenvalue weighted by atomic mass is 10.1. The summed E-state index contributed by atoms with van der Waals surface area (Å²) in [6, 6.07) is 5.36. The lowest BCUT2D eigenvalue weighted by Gasteiger charge is -2.29. The molecule has 27 heavy (non-hydrogen) atoms. The first-order valence-corrected chi connectivity index (χ1v) is 8.98. The third-order valence-electron chi connectivity index (χ3n) is 4.67. The topological polar surface area (TPSA) is 65.5 Å². The first-order chi connectivity index (χ1) is 12.9. The second-order valence-electron chi connectivity index (χ2n) is 7.06. The Morgan fingerprint density at radius 1 is 1.30 bits per heavy atom. The molecule has 1 aliphatic heterocycles. The van der Waals surface area contributed by atoms with Crippen LogP contribution in [0.2, 0.25) is 0 Å². The summed E-state index contributed by atoms with van der Waals surface area (Å²) < 4.78 is 14.2. The van der Waals surface area contributed by atoms with Crippen molar-refractivity contribution in [2.75, 3.05) is 44.0 Å². The van der Waals surface area contributed by atoms with Gasteiger partial charge in [0.25, 0.3) is 0 Å². The lowest BCUT2D eigenvalue weighted by Crippen LogP contribution is -2.42. The summed E-state index contributed by atoms with van der Waals surface area (Å²) in [5.74, 6) is 1.25. The van der Waals surface area contributed by atoms with Gasteiger partial charge in [-0.3, -0.25) is 9.78 Å². The number of hydrogen-bond acceptors (Lipinski definition) is 6. The standard InChI is InChI=1S/C19H25FN6O/c1-24(2)19-22-8-6-17(23-19)26-12-15(20)10-16(26)13-25(3)18(27)9-14-5-4-7-21-11-14/h4-8,11,15-16H,9-10,12-13H2,1-3H3/t15-,16-/m0/s1. The average Bonchev–Trinajstić information content (AvgIpc) is 3.02. The van der Waals surface area contributed by atoms with E-state index in [0.29, 0.717) is 24.7 Å². The van der Waals surface area contributed by atoms with Crippen LogP contribution in [0.4, 0.5) is 16.2 Å². The SMILES string of the molecule is CN(C[C@@H]1C[C@H](F)CN1c1ccnc(N(C)C)n1)C(=O)Cc1cccnc1. The van der Waals surface area contributed by atoms with Gasteiger partial charge in [0.05, 0.1) is 19.0 Å². The molecule has 3 rings (SSSR count). The van der Waals surface area contributed by atoms with Crippen molar-refractivity contribution < 1.29 is 9.18 Å². The molecule has 2 aromatic rings. The molecule has 0 unspecified atom stereocenters. The van der Waals surface area contributed by atoms with Crippen LogP contribution in [0, 0.1) is 0 Å². The van der Waals surface area contributed by atoms with Crippen LogP contribution in [0.15, 0.2) is 36.8 Å². The van der Waals surface area contributed by atoms with Gasteiger partial charge in [-0.15, -0.1) is 0 Å². The molecule has 1 aliphatic rings. The van der Waals surface area contributed by atoms with E-state index in [-0.39, 0.29) is 24.9 Å². The van der Waals surface area contributed by atoms with E-state index in [9.17, 15) is 9.18 Å². The number of aromatic nitrogens is 3. The highest BCUT2D eigenvalue weighted by Gasteiger charge is 2.34. The highest BCUT2D eigenvalue weighted by Crippen LogP contribution is 2.27. The minimum absolute atomic E-state index is 0.0121. The molecule has 0 bridgehead atoms. The van der Waals surface area contributed by atoms with Gasteiger partial charge in [-0.25, -0.2) is 9.37 Å². The zero-order chi connectivity index (χ0) is 19.4. The number of anilines is 2. The first kappa shape index (κ1) is 19.0. The van der Waals surface area contributed by atoms with Gasteiger partial charge in [0.2, 0.25) is 11.9 Å². The predicted octanol–water partition coefficient (Wildman–Crippen LogP) is 1.56. The number of likely N-dealkylation sites (N-methyl/N-ethyl adjacent to an activating group) is 1. The Morgan fingerprint density at radius 3 is 2.81 bits per heavy atom. The molecule has 0 radical (unpaired) electrons. The molecule has 2 atom stereocenters. The van der Waals surface area contributed by atoms with Crippen LogP contribution in [0.25, 0.3) is 0 Å². The largest absolute Gasteiger partial charge is 0.349 e. The van der Waals surface area contributed by atoms with E-state index in [1.165, 1.54) is 0 Å². The van der Waals surface area contributed by atoms with E-state index in [0.717, 1.165) is 5.56 Å². The van der Waals surface area contributed by atoms with Crippen LogP contribution in [0.3, 0.4) is 0 Å². The second-order valence-corrected chi connectivity index (χ2v) is 7.06. The number of halogens is 1. The predicted molar refractivity (Wildman–Crippen MR) is 103 cm³/mol. The number of carbonyl (C=O) groups is 1. The number of carbonyl (C=O) groups excluding carboxylic acids is 1. The molecule has 0 aromatic carbocycles. The number of rotatable bonds is 6. The zero-order valence-corrected chi connectivity index (χ0v) is 15.9. The third kappa shape index (κ3) is 4.69. The molecule has 3 heterocycles. The maximum Gasteiger partial charge on any atom is 0.226 e. The van der Waals surface area contributed by atoms with Crippen LogP contribution >= 0.6 is 0 Å². The van der Waals surface area contributed by atoms with Gasteiger partial charge in [-0.05, 0) is 17.7 Å². The highest BCUT2D eigenvalue weighted by atomic mass is 19.1. The molecule has 2 aromatic heterocycles. The Labute approximate surface area is 158 Å². The molecule has 0 spiro atoms. The normalized spacial score (nSPS) is 19.2. The molecule has 0 saturated carbocycles. The van der Waals surface area contributed by atoms with Gasteiger partial charge in [0.1, 0.15) is 12.0 Å². The maximum atomic E-state index is 14.2. The summed E-state index contributed by atoms with van der Waals surface area (Å²) in [6.07, 6.45) is 4.78. The van der Waals surface area contributed by atoms with Gasteiger partial charge in [-0.2, -0.15) is 4.98 Å². The van der Waals surface area contributed by atoms with Gasteiger partial charge in [0, 0.05) is 52.7 Å². The molecule has 0 aliphatic carbocycles. The first-order valence-electron chi connectivity index (χ1n) is 8.98. The Bertz CT molecular complexity index is 772. The number of hydrogen-bond donors (Lipinski definition) is 0. The number of amides is 1. The van der Waals surface area contributed by atoms with Crippen molar-refractivity contribution in [3.63, 3.8) is 0 Å². The Hall–Kier alpha value is -2.77. The second kappa shape index (κ2) is 8.28. The fraction of sp³-hybridized carbons (Fsp3) is 0.474. The number of alkyl halides is 1. The molecular weight excluding hydrogens is 347 g/mol. The Kier molecular flexibility index (Phi) is 5.83. The van der Waals surface area contributed by atoms with E-state index in [1.54, 1.807) is 36.6 Å². The summed E-state index contributed by atoms with van der Waals surface area (Å²) in [7, 11) is 5.49. The molecule has 0 N–H and O–H groups in total. The monoisotopic (exact) mass is 372 g/mol. The summed E-state index contributed by atoms with van der Waals surface area (Å²) in [6.45, 7) is 0.722. The quantitative estimate of drug-likeness (QED) is 0.767. The lowest BCUT2D eigenvalue weighted by molar-refractivity contribution is -0.129. The molecule has 7 nitrogen and oxygen atoms in total. The van der Waals surface area contributed by atoms with Crippen molar-refractivity contribution in [2.24, 2.45) is 0 Å². The minimum atomic E-state index is -0.936. The fourth-order valence-electron chi connectivity index (χ4n) is 3.26. The molecule has 1 amide bonds. The summed E-state index contributed by atoms with van der Waals surface area (Å²) >= 11 is 0. The van der Waals surface area contributed by atoms with Crippen LogP contribution in [-0.2, 0) is 11.2 Å². The van der Waals surface area contributed by atoms with Crippen molar-refractivity contribution in [2.45, 2.75) is 25.1 Å². The smallest absolute Gasteiger partial charge is 0.226 e. The van der Waals surface area contributed by atoms with E-state index < -0.39 is 6.17 Å². The van der Waals surface area contributed by atoms with E-state index >= 15 is 0 Å². The van der Waals surface area contributed by atoms with Crippen molar-refractivity contribution in [1.82, 2.24) is 19.9 Å². The van der Waals surface area contributed by atoms with Crippen LogP contribution < -0.4 is 9.80 Å². The van der Waals surface area contributed by atoms with Crippen molar-refractivity contribution >= 4 is 17.7 Å². The van der Waals surface area contributed by atoms with E-state index in [4.69, 9.17) is 0 Å². The number of nitrogens with zero attached hydrogens (tertiary/aromatic N) is 6. The maximum absolute atomic E-state index is 14.2. The van der Waals surface area contributed by atoms with Crippen LogP contribution in [0.1, 0.15) is 12.0 Å². The summed E-state index contributed by atoms with van der Waals surface area (Å²) in [5, 5.41) is 0. The molecule has 1 saturated heterocycles. The van der Waals surface area contributed by atoms with Gasteiger partial charge in [-0.1, -0.05) is 6.07 Å². The van der Waals surface area contributed by atoms with Crippen LogP contribution in [-0.4, -0.2) is 72.2 Å². The van der Waals surface area contributed by atoms with Crippen molar-refractivity contribution in [3.05, 3.63) is 42.4 Å². The van der Waals surface area contributed by atoms with Gasteiger partial charge >= 0.3 is 0 Å². The van der Waals surface area contributed by atoms with E-state index in [1.807, 2.05) is 36.0 Å². The Balaban J connectivity index is 1.69. The van der Waals surface area contributed by atoms with Gasteiger partial charge in [0.15, 0.2) is 0 Å². The Morgan fingerprint density at radius 2 is 2.11 bits per heavy atom. The van der Waals surface area contributed by atoms with Gasteiger partial charge < -0.3 is 14.7 Å². The van der Waals surface area contributed by atoms with Crippen molar-refractivity contribution in [1.29, 1.82) is 0 Å². The average molecular weight is 372 g/mol. The summed E-state index contributed by atoms with van der Waals surface area (Å²) in [5.41, 5.74) is 0.868. The van der Waals surface area contributed by atoms with Crippen LogP contribution in [0.5, 0.6) is 0 Å². The molecule has 144 valence electrons. The van der Waals surface area contributed by atoms with Crippen molar-refractivity contribution in [3.8, 4) is 0 Å². The summed E-state index contributed by atoms with van der Waals surface area (Å²) in [4.78, 5) is 30.7. The molecule has 1 fully saturated rings. The third-order valence-corrected chi connectivity index (χ3v) is 4.67. The zero-order valence-electron chi connectivity index (χ0n) is 15.9. The fourth-order valence-corrected chi connectivity index (χ4v) is 3.26. The number of pyridine rings is 1. The molecule has 8 heteroatoms. The highest BCUT2D eigenvalue weighted by molar-refractivity contribution is 5.78. The van der Waals surface area contributed by atoms with E-state index in [2.05, 4.69) is 15.0 Å². The molecular formula is C19H25FN6O. The minimum Gasteiger partial charge on any atom is -0.349 e.